The van der Waals surface area contributed by atoms with Gasteiger partial charge < -0.3 is 19.9 Å². The number of hydrogen-bond donors (Lipinski definition) is 1. The number of ether oxygens (including phenoxy) is 3. The normalized spacial score (nSPS) is 23.0. The van der Waals surface area contributed by atoms with E-state index in [1.165, 1.54) is 0 Å². The zero-order valence-electron chi connectivity index (χ0n) is 14.4. The fraction of sp³-hybridized carbons (Fsp3) is 0.200. The second-order valence-electron chi connectivity index (χ2n) is 6.09. The molecule has 2 N–H and O–H groups in total. The maximum absolute atomic E-state index is 9.71. The van der Waals surface area contributed by atoms with E-state index in [0.29, 0.717) is 17.1 Å². The Labute approximate surface area is 151 Å². The second kappa shape index (κ2) is 6.12. The molecular formula is C20H17N3O3. The Morgan fingerprint density at radius 1 is 1.15 bits per heavy atom. The van der Waals surface area contributed by atoms with E-state index in [-0.39, 0.29) is 11.8 Å². The number of nitriles is 1. The highest BCUT2D eigenvalue weighted by molar-refractivity contribution is 6.11. The van der Waals surface area contributed by atoms with E-state index >= 15 is 0 Å². The number of nitrogens with zero attached hydrogens (tertiary/aromatic N) is 2. The molecule has 26 heavy (non-hydrogen) atoms. The summed E-state index contributed by atoms with van der Waals surface area (Å²) in [4.78, 5) is 4.41. The molecule has 3 aliphatic rings. The highest BCUT2D eigenvalue weighted by atomic mass is 16.5. The van der Waals surface area contributed by atoms with E-state index in [2.05, 4.69) is 11.1 Å². The first-order valence-corrected chi connectivity index (χ1v) is 8.12. The number of fused-ring (bicyclic) bond motifs is 3. The Morgan fingerprint density at radius 3 is 2.54 bits per heavy atom. The summed E-state index contributed by atoms with van der Waals surface area (Å²) in [6, 6.07) is 7.76. The van der Waals surface area contributed by atoms with Crippen LogP contribution in [0.25, 0.3) is 0 Å². The van der Waals surface area contributed by atoms with Crippen molar-refractivity contribution in [3.8, 4) is 17.6 Å². The number of nitrogens with two attached hydrogens (primary N) is 1. The minimum atomic E-state index is -0.413. The van der Waals surface area contributed by atoms with Crippen molar-refractivity contribution in [3.63, 3.8) is 0 Å². The first-order chi connectivity index (χ1) is 12.7. The molecule has 2 heterocycles. The maximum atomic E-state index is 9.71. The molecule has 0 bridgehead atoms. The number of allylic oxidation sites excluding steroid dienone is 4. The largest absolute Gasteiger partial charge is 0.497 e. The molecule has 0 saturated heterocycles. The molecular weight excluding hydrogens is 330 g/mol. The minimum absolute atomic E-state index is 0.122. The van der Waals surface area contributed by atoms with E-state index in [4.69, 9.17) is 19.9 Å². The van der Waals surface area contributed by atoms with Crippen molar-refractivity contribution in [1.82, 2.24) is 0 Å². The van der Waals surface area contributed by atoms with Gasteiger partial charge in [0.1, 0.15) is 23.1 Å². The van der Waals surface area contributed by atoms with Crippen LogP contribution in [0.4, 0.5) is 0 Å². The van der Waals surface area contributed by atoms with Crippen molar-refractivity contribution in [1.29, 1.82) is 5.26 Å². The van der Waals surface area contributed by atoms with Crippen molar-refractivity contribution >= 4 is 5.71 Å². The molecule has 0 radical (unpaired) electrons. The molecule has 4 rings (SSSR count). The van der Waals surface area contributed by atoms with E-state index in [1.54, 1.807) is 26.5 Å². The summed E-state index contributed by atoms with van der Waals surface area (Å²) in [5.41, 5.74) is 10.0. The Balaban J connectivity index is 1.90. The molecule has 2 aliphatic heterocycles. The van der Waals surface area contributed by atoms with Gasteiger partial charge in [0.15, 0.2) is 12.0 Å². The summed E-state index contributed by atoms with van der Waals surface area (Å²) in [6.45, 7) is 0. The first-order valence-electron chi connectivity index (χ1n) is 8.12. The Hall–Kier alpha value is -3.46. The average molecular weight is 347 g/mol. The molecule has 2 unspecified atom stereocenters. The van der Waals surface area contributed by atoms with Crippen LogP contribution in [-0.2, 0) is 4.74 Å². The highest BCUT2D eigenvalue weighted by Gasteiger charge is 2.41. The molecule has 0 amide bonds. The lowest BCUT2D eigenvalue weighted by molar-refractivity contribution is 0.173. The van der Waals surface area contributed by atoms with Gasteiger partial charge in [0.25, 0.3) is 0 Å². The zero-order chi connectivity index (χ0) is 18.3. The topological polar surface area (TPSA) is 89.9 Å². The summed E-state index contributed by atoms with van der Waals surface area (Å²) < 4.78 is 16.6. The number of aliphatic imine (C=N–C) groups is 1. The summed E-state index contributed by atoms with van der Waals surface area (Å²) in [7, 11) is 3.18. The van der Waals surface area contributed by atoms with Gasteiger partial charge in [0, 0.05) is 23.8 Å². The number of rotatable bonds is 3. The maximum Gasteiger partial charge on any atom is 0.200 e. The molecule has 0 saturated carbocycles. The smallest absolute Gasteiger partial charge is 0.200 e. The molecule has 0 fully saturated rings. The highest BCUT2D eigenvalue weighted by Crippen LogP contribution is 2.44. The summed E-state index contributed by atoms with van der Waals surface area (Å²) in [5.74, 6) is 1.05. The lowest BCUT2D eigenvalue weighted by Gasteiger charge is -2.35. The molecule has 6 nitrogen and oxygen atoms in total. The van der Waals surface area contributed by atoms with Crippen LogP contribution in [0.1, 0.15) is 11.5 Å². The number of benzene rings is 1. The third kappa shape index (κ3) is 2.37. The van der Waals surface area contributed by atoms with E-state index in [9.17, 15) is 5.26 Å². The Kier molecular flexibility index (Phi) is 3.77. The minimum Gasteiger partial charge on any atom is -0.497 e. The van der Waals surface area contributed by atoms with Gasteiger partial charge in [0.05, 0.1) is 19.9 Å². The molecule has 1 aliphatic carbocycles. The van der Waals surface area contributed by atoms with Crippen LogP contribution in [0, 0.1) is 11.3 Å². The van der Waals surface area contributed by atoms with Gasteiger partial charge in [-0.05, 0) is 29.3 Å². The summed E-state index contributed by atoms with van der Waals surface area (Å²) in [6.07, 6.45) is 7.22. The predicted molar refractivity (Wildman–Crippen MR) is 96.7 cm³/mol. The second-order valence-corrected chi connectivity index (χ2v) is 6.09. The van der Waals surface area contributed by atoms with Crippen LogP contribution < -0.4 is 15.2 Å². The van der Waals surface area contributed by atoms with Crippen LogP contribution in [0.15, 0.2) is 70.2 Å². The fourth-order valence-corrected chi connectivity index (χ4v) is 3.49. The zero-order valence-corrected chi connectivity index (χ0v) is 14.4. The Morgan fingerprint density at radius 2 is 1.88 bits per heavy atom. The molecule has 0 aromatic heterocycles. The lowest BCUT2D eigenvalue weighted by atomic mass is 9.77. The van der Waals surface area contributed by atoms with Crippen LogP contribution >= 0.6 is 0 Å². The molecule has 0 spiro atoms. The Bertz CT molecular complexity index is 954. The van der Waals surface area contributed by atoms with Crippen LogP contribution in [-0.4, -0.2) is 26.0 Å². The van der Waals surface area contributed by atoms with Gasteiger partial charge in [-0.1, -0.05) is 12.2 Å². The van der Waals surface area contributed by atoms with Gasteiger partial charge in [-0.2, -0.15) is 5.26 Å². The standard InChI is InChI=1S/C20H17N3O3/c1-24-13-7-12(8-14(9-13)25-2)17-15-4-3-11-5-6-23-18(11)19(15)26-20(22)16(17)10-21/h3-9,17,19H,22H2,1-2H3. The number of methoxy groups -OCH3 is 2. The van der Waals surface area contributed by atoms with Crippen LogP contribution in [0.5, 0.6) is 11.5 Å². The van der Waals surface area contributed by atoms with Crippen molar-refractivity contribution in [3.05, 3.63) is 70.8 Å². The predicted octanol–water partition coefficient (Wildman–Crippen LogP) is 2.71. The monoisotopic (exact) mass is 347 g/mol. The third-order valence-corrected chi connectivity index (χ3v) is 4.73. The van der Waals surface area contributed by atoms with E-state index < -0.39 is 6.10 Å². The van der Waals surface area contributed by atoms with Crippen LogP contribution in [0.3, 0.4) is 0 Å². The van der Waals surface area contributed by atoms with Crippen molar-refractivity contribution in [2.75, 3.05) is 14.2 Å². The first kappa shape index (κ1) is 16.0. The SMILES string of the molecule is COc1cc(OC)cc(C2C3=CC=C4C=CN=C4C3OC(N)=C2C#N)c1. The van der Waals surface area contributed by atoms with E-state index in [0.717, 1.165) is 22.4 Å². The molecule has 130 valence electrons. The summed E-state index contributed by atoms with van der Waals surface area (Å²) >= 11 is 0. The lowest BCUT2D eigenvalue weighted by Crippen LogP contribution is -2.37. The van der Waals surface area contributed by atoms with Crippen molar-refractivity contribution in [2.24, 2.45) is 10.7 Å². The van der Waals surface area contributed by atoms with Crippen molar-refractivity contribution < 1.29 is 14.2 Å². The van der Waals surface area contributed by atoms with Gasteiger partial charge >= 0.3 is 0 Å². The molecule has 2 atom stereocenters. The number of hydrogen-bond acceptors (Lipinski definition) is 6. The third-order valence-electron chi connectivity index (χ3n) is 4.73. The molecule has 1 aromatic carbocycles. The van der Waals surface area contributed by atoms with Gasteiger partial charge in [-0.15, -0.1) is 0 Å². The summed E-state index contributed by atoms with van der Waals surface area (Å²) in [5, 5.41) is 9.71. The van der Waals surface area contributed by atoms with Gasteiger partial charge in [-0.3, -0.25) is 4.99 Å². The molecule has 1 aromatic rings. The van der Waals surface area contributed by atoms with Gasteiger partial charge in [0.2, 0.25) is 0 Å². The van der Waals surface area contributed by atoms with Crippen molar-refractivity contribution in [2.45, 2.75) is 12.0 Å². The average Bonchev–Trinajstić information content (AvgIpc) is 3.15. The van der Waals surface area contributed by atoms with Gasteiger partial charge in [-0.25, -0.2) is 0 Å². The molecule has 6 heteroatoms. The van der Waals surface area contributed by atoms with E-state index in [1.807, 2.05) is 30.4 Å². The fourth-order valence-electron chi connectivity index (χ4n) is 3.49. The van der Waals surface area contributed by atoms with Crippen LogP contribution in [0.2, 0.25) is 0 Å². The quantitative estimate of drug-likeness (QED) is 0.908.